The summed E-state index contributed by atoms with van der Waals surface area (Å²) in [5, 5.41) is 0. The summed E-state index contributed by atoms with van der Waals surface area (Å²) in [4.78, 5) is 0. The molecule has 0 amide bonds. The van der Waals surface area contributed by atoms with Crippen LogP contribution in [0, 0.1) is 0 Å². The molecule has 176 valence electrons. The maximum Gasteiger partial charge on any atom is 0.0771 e. The monoisotopic (exact) mass is 446 g/mol. The Morgan fingerprint density at radius 3 is 1.03 bits per heavy atom. The predicted molar refractivity (Wildman–Crippen MR) is 137 cm³/mol. The molecule has 0 aromatic rings. The highest BCUT2D eigenvalue weighted by Gasteiger charge is 2.34. The van der Waals surface area contributed by atoms with Crippen molar-refractivity contribution in [2.45, 2.75) is 136 Å². The Bertz CT molecular complexity index is 275. The molecular formula is C27H56ClP. The predicted octanol–water partition coefficient (Wildman–Crippen LogP) is 7.28. The molecule has 0 saturated carbocycles. The molecule has 0 aromatic carbocycles. The highest BCUT2D eigenvalue weighted by atomic mass is 35.5. The Labute approximate surface area is 193 Å². The SMILES string of the molecule is C=CC[P+](CCCCCCCC)(CCCCCCCC)CCCCCCCC.[Cl-]. The quantitative estimate of drug-likeness (QED) is 0.0878. The number of hydrogen-bond acceptors (Lipinski definition) is 0. The van der Waals surface area contributed by atoms with Gasteiger partial charge in [0.2, 0.25) is 0 Å². The van der Waals surface area contributed by atoms with Crippen LogP contribution in [0.15, 0.2) is 12.7 Å². The second kappa shape index (κ2) is 24.7. The minimum atomic E-state index is -0.781. The first-order valence-corrected chi connectivity index (χ1v) is 15.7. The molecule has 2 heteroatoms. The molecule has 0 aromatic heterocycles. The summed E-state index contributed by atoms with van der Waals surface area (Å²) in [6, 6.07) is 0. The Morgan fingerprint density at radius 2 is 0.759 bits per heavy atom. The number of halogens is 1. The van der Waals surface area contributed by atoms with Crippen molar-refractivity contribution in [3.63, 3.8) is 0 Å². The van der Waals surface area contributed by atoms with E-state index >= 15 is 0 Å². The molecule has 0 saturated heterocycles. The average Bonchev–Trinajstić information content (AvgIpc) is 2.70. The molecular weight excluding hydrogens is 391 g/mol. The second-order valence-corrected chi connectivity index (χ2v) is 13.7. The molecule has 0 fully saturated rings. The van der Waals surface area contributed by atoms with Gasteiger partial charge >= 0.3 is 0 Å². The first kappa shape index (κ1) is 31.6. The van der Waals surface area contributed by atoms with E-state index in [1.165, 1.54) is 122 Å². The first-order valence-electron chi connectivity index (χ1n) is 13.2. The van der Waals surface area contributed by atoms with Crippen LogP contribution in [0.5, 0.6) is 0 Å². The number of hydrogen-bond donors (Lipinski definition) is 0. The van der Waals surface area contributed by atoms with Crippen LogP contribution in [-0.2, 0) is 0 Å². The fourth-order valence-corrected chi connectivity index (χ4v) is 9.02. The van der Waals surface area contributed by atoms with Gasteiger partial charge in [-0.05, 0) is 38.5 Å². The smallest absolute Gasteiger partial charge is 0.0771 e. The average molecular weight is 447 g/mol. The molecule has 0 heterocycles. The van der Waals surface area contributed by atoms with Crippen molar-refractivity contribution in [3.05, 3.63) is 12.7 Å². The van der Waals surface area contributed by atoms with Crippen molar-refractivity contribution >= 4 is 7.26 Å². The third-order valence-corrected chi connectivity index (χ3v) is 11.3. The molecule has 29 heavy (non-hydrogen) atoms. The Hall–Kier alpha value is 0.460. The Morgan fingerprint density at radius 1 is 0.483 bits per heavy atom. The zero-order chi connectivity index (χ0) is 20.8. The summed E-state index contributed by atoms with van der Waals surface area (Å²) in [5.41, 5.74) is 0. The lowest BCUT2D eigenvalue weighted by Crippen LogP contribution is -3.00. The van der Waals surface area contributed by atoms with Crippen LogP contribution >= 0.6 is 7.26 Å². The molecule has 0 rings (SSSR count). The molecule has 0 aliphatic carbocycles. The first-order chi connectivity index (χ1) is 13.7. The van der Waals surface area contributed by atoms with E-state index in [1.54, 1.807) is 18.5 Å². The second-order valence-electron chi connectivity index (χ2n) is 9.29. The van der Waals surface area contributed by atoms with Crippen LogP contribution in [0.1, 0.15) is 136 Å². The van der Waals surface area contributed by atoms with Crippen LogP contribution in [0.4, 0.5) is 0 Å². The van der Waals surface area contributed by atoms with Gasteiger partial charge in [0.1, 0.15) is 0 Å². The normalized spacial score (nSPS) is 11.4. The van der Waals surface area contributed by atoms with Crippen LogP contribution in [0.2, 0.25) is 0 Å². The number of allylic oxidation sites excluding steroid dienone is 1. The topological polar surface area (TPSA) is 0 Å². The summed E-state index contributed by atoms with van der Waals surface area (Å²) in [6.45, 7) is 11.1. The van der Waals surface area contributed by atoms with Gasteiger partial charge in [-0.2, -0.15) is 0 Å². The molecule has 0 spiro atoms. The molecule has 0 unspecified atom stereocenters. The van der Waals surface area contributed by atoms with Gasteiger partial charge in [-0.25, -0.2) is 0 Å². The van der Waals surface area contributed by atoms with Crippen LogP contribution in [0.25, 0.3) is 0 Å². The lowest BCUT2D eigenvalue weighted by atomic mass is 10.1. The fourth-order valence-electron chi connectivity index (χ4n) is 4.57. The summed E-state index contributed by atoms with van der Waals surface area (Å²) in [5.74, 6) is 0. The van der Waals surface area contributed by atoms with E-state index in [2.05, 4.69) is 33.4 Å². The van der Waals surface area contributed by atoms with Gasteiger partial charge in [-0.1, -0.05) is 110 Å². The van der Waals surface area contributed by atoms with Crippen molar-refractivity contribution < 1.29 is 12.4 Å². The van der Waals surface area contributed by atoms with Crippen LogP contribution in [0.3, 0.4) is 0 Å². The third-order valence-electron chi connectivity index (χ3n) is 6.47. The van der Waals surface area contributed by atoms with E-state index in [0.717, 1.165) is 0 Å². The molecule has 0 radical (unpaired) electrons. The van der Waals surface area contributed by atoms with Crippen molar-refractivity contribution in [1.29, 1.82) is 0 Å². The van der Waals surface area contributed by atoms with Crippen LogP contribution in [-0.4, -0.2) is 24.6 Å². The third kappa shape index (κ3) is 20.1. The zero-order valence-electron chi connectivity index (χ0n) is 20.7. The van der Waals surface area contributed by atoms with E-state index in [0.29, 0.717) is 0 Å². The van der Waals surface area contributed by atoms with Gasteiger partial charge in [0.25, 0.3) is 0 Å². The van der Waals surface area contributed by atoms with E-state index in [1.807, 2.05) is 0 Å². The Balaban J connectivity index is 0. The Kier molecular flexibility index (Phi) is 27.0. The molecule has 0 aliphatic heterocycles. The highest BCUT2D eigenvalue weighted by molar-refractivity contribution is 7.76. The summed E-state index contributed by atoms with van der Waals surface area (Å²) in [7, 11) is -0.781. The van der Waals surface area contributed by atoms with Crippen molar-refractivity contribution in [1.82, 2.24) is 0 Å². The van der Waals surface area contributed by atoms with Gasteiger partial charge in [0.15, 0.2) is 0 Å². The summed E-state index contributed by atoms with van der Waals surface area (Å²) >= 11 is 0. The largest absolute Gasteiger partial charge is 1.00 e. The van der Waals surface area contributed by atoms with Gasteiger partial charge in [0, 0.05) is 7.26 Å². The maximum absolute atomic E-state index is 4.18. The molecule has 0 atom stereocenters. The standard InChI is InChI=1S/C27H56P.ClH/c1-5-9-12-15-18-21-25-28(24-8-4,26-22-19-16-13-10-6-2)27-23-20-17-14-11-7-3;/h8H,4-7,9-27H2,1-3H3;1H/q+1;/p-1. The minimum Gasteiger partial charge on any atom is -1.00 e. The fraction of sp³-hybridized carbons (Fsp3) is 0.926. The lowest BCUT2D eigenvalue weighted by molar-refractivity contribution is -0.00000638. The summed E-state index contributed by atoms with van der Waals surface area (Å²) < 4.78 is 0. The van der Waals surface area contributed by atoms with Gasteiger partial charge in [0.05, 0.1) is 24.6 Å². The molecule has 0 N–H and O–H groups in total. The highest BCUT2D eigenvalue weighted by Crippen LogP contribution is 2.60. The minimum absolute atomic E-state index is 0. The van der Waals surface area contributed by atoms with Crippen molar-refractivity contribution in [2.75, 3.05) is 24.6 Å². The van der Waals surface area contributed by atoms with Crippen molar-refractivity contribution in [3.8, 4) is 0 Å². The number of unbranched alkanes of at least 4 members (excludes halogenated alkanes) is 15. The van der Waals surface area contributed by atoms with Gasteiger partial charge in [-0.3, -0.25) is 0 Å². The molecule has 0 nitrogen and oxygen atoms in total. The molecule has 0 aliphatic rings. The van der Waals surface area contributed by atoms with E-state index in [4.69, 9.17) is 0 Å². The van der Waals surface area contributed by atoms with Crippen LogP contribution < -0.4 is 12.4 Å². The van der Waals surface area contributed by atoms with E-state index < -0.39 is 7.26 Å². The van der Waals surface area contributed by atoms with E-state index in [-0.39, 0.29) is 12.4 Å². The van der Waals surface area contributed by atoms with Gasteiger partial charge in [-0.15, -0.1) is 0 Å². The van der Waals surface area contributed by atoms with E-state index in [9.17, 15) is 0 Å². The zero-order valence-corrected chi connectivity index (χ0v) is 22.3. The number of rotatable bonds is 23. The molecule has 0 bridgehead atoms. The summed E-state index contributed by atoms with van der Waals surface area (Å²) in [6.07, 6.45) is 34.4. The van der Waals surface area contributed by atoms with Gasteiger partial charge < -0.3 is 12.4 Å². The lowest BCUT2D eigenvalue weighted by Gasteiger charge is -2.27. The van der Waals surface area contributed by atoms with Crippen molar-refractivity contribution in [2.24, 2.45) is 0 Å². The maximum atomic E-state index is 4.18.